The van der Waals surface area contributed by atoms with E-state index in [1.807, 2.05) is 11.9 Å². The number of aromatic nitrogens is 1. The number of nitrogens with one attached hydrogen (secondary N) is 4. The molecule has 3 heterocycles. The van der Waals surface area contributed by atoms with Gasteiger partial charge in [0.05, 0.1) is 29.5 Å². The van der Waals surface area contributed by atoms with Gasteiger partial charge < -0.3 is 15.5 Å². The number of nitrogens with zero attached hydrogens (tertiary/aromatic N) is 2. The Balaban J connectivity index is 1.44. The number of piperidine rings is 1. The number of alkyl halides is 4. The third kappa shape index (κ3) is 5.71. The lowest BCUT2D eigenvalue weighted by Crippen LogP contribution is -2.46. The molecule has 37 heavy (non-hydrogen) atoms. The van der Waals surface area contributed by atoms with Crippen LogP contribution in [0.2, 0.25) is 0 Å². The molecule has 8 nitrogen and oxygen atoms in total. The average Bonchev–Trinajstić information content (AvgIpc) is 3.60. The van der Waals surface area contributed by atoms with E-state index in [2.05, 4.69) is 33.0 Å². The summed E-state index contributed by atoms with van der Waals surface area (Å²) in [7, 11) is 1.85. The van der Waals surface area contributed by atoms with E-state index in [9.17, 15) is 22.4 Å². The van der Waals surface area contributed by atoms with E-state index >= 15 is 0 Å². The van der Waals surface area contributed by atoms with Crippen molar-refractivity contribution in [1.29, 1.82) is 0 Å². The molecular weight excluding hydrogens is 492 g/mol. The Labute approximate surface area is 211 Å². The van der Waals surface area contributed by atoms with E-state index < -0.39 is 36.4 Å². The van der Waals surface area contributed by atoms with Gasteiger partial charge in [-0.1, -0.05) is 18.7 Å². The topological polar surface area (TPSA) is 90.5 Å². The van der Waals surface area contributed by atoms with Crippen LogP contribution in [0.5, 0.6) is 0 Å². The van der Waals surface area contributed by atoms with Crippen molar-refractivity contribution in [2.24, 2.45) is 5.92 Å². The summed E-state index contributed by atoms with van der Waals surface area (Å²) in [6.45, 7) is 4.44. The number of anilines is 1. The van der Waals surface area contributed by atoms with Crippen LogP contribution >= 0.6 is 0 Å². The predicted octanol–water partition coefficient (Wildman–Crippen LogP) is 3.24. The number of hydroxylamine groups is 1. The molecular formula is C25H30F4N6O2. The van der Waals surface area contributed by atoms with Crippen LogP contribution in [-0.4, -0.2) is 67.1 Å². The van der Waals surface area contributed by atoms with Crippen molar-refractivity contribution in [1.82, 2.24) is 26.0 Å². The maximum Gasteiger partial charge on any atom is 0.417 e. The minimum atomic E-state index is -4.69. The molecule has 1 saturated carbocycles. The molecule has 0 spiro atoms. The maximum atomic E-state index is 14.8. The molecule has 2 aromatic rings. The fourth-order valence-corrected chi connectivity index (χ4v) is 4.69. The lowest BCUT2D eigenvalue weighted by molar-refractivity contribution is -0.123. The van der Waals surface area contributed by atoms with Crippen LogP contribution in [0.15, 0.2) is 30.8 Å². The number of hydrogen-bond donors (Lipinski definition) is 4. The van der Waals surface area contributed by atoms with E-state index in [0.717, 1.165) is 12.8 Å². The van der Waals surface area contributed by atoms with E-state index in [4.69, 9.17) is 4.84 Å². The molecule has 5 rings (SSSR count). The molecule has 1 aromatic carbocycles. The first kappa shape index (κ1) is 25.8. The summed E-state index contributed by atoms with van der Waals surface area (Å²) in [5.74, 6) is -0.000103. The lowest BCUT2D eigenvalue weighted by atomic mass is 9.99. The Kier molecular flexibility index (Phi) is 7.10. The smallest absolute Gasteiger partial charge is 0.379 e. The van der Waals surface area contributed by atoms with Gasteiger partial charge in [0.25, 0.3) is 0 Å². The lowest BCUT2D eigenvalue weighted by Gasteiger charge is -2.33. The zero-order valence-electron chi connectivity index (χ0n) is 20.4. The summed E-state index contributed by atoms with van der Waals surface area (Å²) in [6, 6.07) is 6.08. The van der Waals surface area contributed by atoms with Crippen molar-refractivity contribution in [2.75, 3.05) is 32.0 Å². The molecule has 12 heteroatoms. The molecule has 2 saturated heterocycles. The Morgan fingerprint density at radius 3 is 2.76 bits per heavy atom. The monoisotopic (exact) mass is 522 g/mol. The quantitative estimate of drug-likeness (QED) is 0.415. The minimum absolute atomic E-state index is 0.0441. The number of fused-ring (bicyclic) bond motifs is 1. The average molecular weight is 523 g/mol. The molecule has 0 radical (unpaired) electrons. The third-order valence-corrected chi connectivity index (χ3v) is 6.99. The van der Waals surface area contributed by atoms with Gasteiger partial charge in [-0.3, -0.25) is 14.9 Å². The first-order valence-corrected chi connectivity index (χ1v) is 12.3. The number of carbonyl (C=O) groups excluding carboxylic acids is 1. The van der Waals surface area contributed by atoms with Crippen molar-refractivity contribution >= 4 is 27.9 Å². The van der Waals surface area contributed by atoms with Crippen molar-refractivity contribution in [3.8, 4) is 0 Å². The Morgan fingerprint density at radius 2 is 2.05 bits per heavy atom. The molecule has 0 bridgehead atoms. The third-order valence-electron chi connectivity index (χ3n) is 6.99. The summed E-state index contributed by atoms with van der Waals surface area (Å²) in [4.78, 5) is 23.6. The molecule has 2 unspecified atom stereocenters. The number of benzene rings is 1. The molecule has 200 valence electrons. The first-order valence-electron chi connectivity index (χ1n) is 12.3. The van der Waals surface area contributed by atoms with Gasteiger partial charge in [-0.05, 0) is 38.4 Å². The maximum absolute atomic E-state index is 14.8. The second-order valence-corrected chi connectivity index (χ2v) is 9.93. The fourth-order valence-electron chi connectivity index (χ4n) is 4.69. The van der Waals surface area contributed by atoms with Crippen LogP contribution in [0.3, 0.4) is 0 Å². The van der Waals surface area contributed by atoms with Crippen molar-refractivity contribution in [2.45, 2.75) is 50.0 Å². The largest absolute Gasteiger partial charge is 0.417 e. The SMILES string of the molecule is C=C(c1nc(C2NOC(CNC(=O)C3CC3)N2)cc2c(N[C@@H]3CCN(C)C[C@@H]3F)cccc12)C(F)(F)F. The van der Waals surface area contributed by atoms with E-state index in [1.54, 1.807) is 24.3 Å². The van der Waals surface area contributed by atoms with E-state index in [-0.39, 0.29) is 41.7 Å². The summed E-state index contributed by atoms with van der Waals surface area (Å²) in [5, 5.41) is 9.83. The Hall–Kier alpha value is -2.80. The van der Waals surface area contributed by atoms with Gasteiger partial charge in [-0.25, -0.2) is 9.37 Å². The number of amides is 1. The summed E-state index contributed by atoms with van der Waals surface area (Å²) in [5.41, 5.74) is 2.13. The molecule has 3 fully saturated rings. The predicted molar refractivity (Wildman–Crippen MR) is 131 cm³/mol. The van der Waals surface area contributed by atoms with Crippen LogP contribution < -0.4 is 21.4 Å². The second-order valence-electron chi connectivity index (χ2n) is 9.93. The number of rotatable bonds is 7. The first-order chi connectivity index (χ1) is 17.6. The van der Waals surface area contributed by atoms with Crippen LogP contribution in [0.25, 0.3) is 16.3 Å². The number of carbonyl (C=O) groups is 1. The number of hydrogen-bond acceptors (Lipinski definition) is 7. The van der Waals surface area contributed by atoms with Gasteiger partial charge in [0.2, 0.25) is 5.91 Å². The van der Waals surface area contributed by atoms with Crippen molar-refractivity contribution < 1.29 is 27.2 Å². The number of pyridine rings is 1. The highest BCUT2D eigenvalue weighted by Gasteiger charge is 2.37. The number of allylic oxidation sites excluding steroid dienone is 1. The standard InChI is InChI=1S/C25H30F4N6O2/c1-13(25(27,28)29)22-15-4-3-5-18(31-19-8-9-35(2)12-17(19)26)16(15)10-20(32-22)23-33-21(37-34-23)11-30-24(36)14-6-7-14/h3-5,10,14,17,19,21,23,31,33-34H,1,6-9,11-12H2,2H3,(H,30,36)/t17-,19+,21?,23?/m0/s1. The van der Waals surface area contributed by atoms with Crippen LogP contribution in [0.4, 0.5) is 23.2 Å². The van der Waals surface area contributed by atoms with Gasteiger partial charge in [0.15, 0.2) is 0 Å². The highest BCUT2D eigenvalue weighted by atomic mass is 19.4. The van der Waals surface area contributed by atoms with Crippen molar-refractivity contribution in [3.05, 3.63) is 42.2 Å². The fraction of sp³-hybridized carbons (Fsp3) is 0.520. The summed E-state index contributed by atoms with van der Waals surface area (Å²) >= 11 is 0. The number of likely N-dealkylation sites (tertiary alicyclic amines) is 1. The molecule has 4 N–H and O–H groups in total. The number of halogens is 4. The highest BCUT2D eigenvalue weighted by Crippen LogP contribution is 2.38. The molecule has 2 aliphatic heterocycles. The van der Waals surface area contributed by atoms with Crippen LogP contribution in [-0.2, 0) is 9.63 Å². The van der Waals surface area contributed by atoms with E-state index in [1.165, 1.54) is 0 Å². The minimum Gasteiger partial charge on any atom is -0.379 e. The van der Waals surface area contributed by atoms with Crippen LogP contribution in [0, 0.1) is 5.92 Å². The van der Waals surface area contributed by atoms with Gasteiger partial charge in [0, 0.05) is 35.5 Å². The molecule has 3 aliphatic rings. The van der Waals surface area contributed by atoms with Gasteiger partial charge >= 0.3 is 6.18 Å². The highest BCUT2D eigenvalue weighted by molar-refractivity contribution is 6.00. The molecule has 1 aliphatic carbocycles. The van der Waals surface area contributed by atoms with E-state index in [0.29, 0.717) is 24.0 Å². The second kappa shape index (κ2) is 10.2. The van der Waals surface area contributed by atoms with Crippen molar-refractivity contribution in [3.63, 3.8) is 0 Å². The zero-order valence-corrected chi connectivity index (χ0v) is 20.4. The van der Waals surface area contributed by atoms with Crippen LogP contribution in [0.1, 0.15) is 36.8 Å². The normalized spacial score (nSPS) is 26.8. The van der Waals surface area contributed by atoms with Gasteiger partial charge in [-0.15, -0.1) is 0 Å². The van der Waals surface area contributed by atoms with Gasteiger partial charge in [0.1, 0.15) is 18.6 Å². The van der Waals surface area contributed by atoms with Gasteiger partial charge in [-0.2, -0.15) is 18.7 Å². The summed E-state index contributed by atoms with van der Waals surface area (Å²) < 4.78 is 56.0. The Morgan fingerprint density at radius 1 is 1.27 bits per heavy atom. The Bertz CT molecular complexity index is 1190. The zero-order chi connectivity index (χ0) is 26.3. The summed E-state index contributed by atoms with van der Waals surface area (Å²) in [6.07, 6.45) is -4.86. The molecule has 4 atom stereocenters. The molecule has 1 aromatic heterocycles. The molecule has 1 amide bonds.